The van der Waals surface area contributed by atoms with E-state index in [1.54, 1.807) is 21.0 Å². The Morgan fingerprint density at radius 1 is 1.23 bits per heavy atom. The van der Waals surface area contributed by atoms with Crippen LogP contribution in [0.3, 0.4) is 0 Å². The van der Waals surface area contributed by atoms with E-state index in [0.717, 1.165) is 30.1 Å². The Balaban J connectivity index is 1.50. The van der Waals surface area contributed by atoms with E-state index in [-0.39, 0.29) is 11.5 Å². The van der Waals surface area contributed by atoms with Gasteiger partial charge in [0, 0.05) is 44.2 Å². The molecule has 1 saturated heterocycles. The Morgan fingerprint density at radius 3 is 2.65 bits per heavy atom. The highest BCUT2D eigenvalue weighted by Gasteiger charge is 2.35. The number of H-pyrrole nitrogens is 1. The molecular formula is C22H30N4O4S. The molecule has 2 aromatic rings. The van der Waals surface area contributed by atoms with Crippen LogP contribution in [0.1, 0.15) is 48.8 Å². The van der Waals surface area contributed by atoms with Crippen molar-refractivity contribution in [3.63, 3.8) is 0 Å². The molecule has 0 amide bonds. The van der Waals surface area contributed by atoms with Crippen molar-refractivity contribution in [3.8, 4) is 5.75 Å². The Morgan fingerprint density at radius 2 is 1.97 bits per heavy atom. The summed E-state index contributed by atoms with van der Waals surface area (Å²) in [6.45, 7) is 6.41. The van der Waals surface area contributed by atoms with Crippen molar-refractivity contribution < 1.29 is 13.2 Å². The fraction of sp³-hybridized carbons (Fsp3) is 0.545. The number of nitrogens with zero attached hydrogens (tertiary/aromatic N) is 3. The first-order valence-electron chi connectivity index (χ1n) is 10.7. The third-order valence-electron chi connectivity index (χ3n) is 6.23. The molecule has 3 heterocycles. The summed E-state index contributed by atoms with van der Waals surface area (Å²) in [7, 11) is -1.65. The molecule has 0 saturated carbocycles. The zero-order valence-electron chi connectivity index (χ0n) is 18.3. The molecule has 0 radical (unpaired) electrons. The molecule has 0 bridgehead atoms. The molecule has 168 valence electrons. The van der Waals surface area contributed by atoms with Gasteiger partial charge < -0.3 is 9.72 Å². The lowest BCUT2D eigenvalue weighted by Crippen LogP contribution is -2.36. The largest absolute Gasteiger partial charge is 0.497 e. The summed E-state index contributed by atoms with van der Waals surface area (Å²) in [5.74, 6) is 1.36. The van der Waals surface area contributed by atoms with Gasteiger partial charge in [-0.1, -0.05) is 12.1 Å². The van der Waals surface area contributed by atoms with Crippen LogP contribution in [-0.2, 0) is 29.5 Å². The number of sulfonamides is 1. The topological polar surface area (TPSA) is 95.6 Å². The van der Waals surface area contributed by atoms with Crippen molar-refractivity contribution in [1.29, 1.82) is 0 Å². The van der Waals surface area contributed by atoms with Crippen LogP contribution in [0.4, 0.5) is 0 Å². The second-order valence-electron chi connectivity index (χ2n) is 8.62. The predicted octanol–water partition coefficient (Wildman–Crippen LogP) is 1.86. The third-order valence-corrected chi connectivity index (χ3v) is 8.47. The van der Waals surface area contributed by atoms with E-state index in [0.29, 0.717) is 38.3 Å². The number of benzene rings is 1. The molecule has 0 aliphatic carbocycles. The summed E-state index contributed by atoms with van der Waals surface area (Å²) in [5.41, 5.74) is 2.65. The number of hydrogen-bond donors (Lipinski definition) is 1. The molecule has 2 aliphatic rings. The number of nitrogens with one attached hydrogen (secondary N) is 1. The summed E-state index contributed by atoms with van der Waals surface area (Å²) in [6.07, 6.45) is 1.33. The average Bonchev–Trinajstić information content (AvgIpc) is 3.25. The molecule has 1 atom stereocenters. The van der Waals surface area contributed by atoms with Gasteiger partial charge in [-0.05, 0) is 44.4 Å². The Hall–Kier alpha value is -2.23. The van der Waals surface area contributed by atoms with Crippen molar-refractivity contribution in [2.45, 2.75) is 50.9 Å². The fourth-order valence-electron chi connectivity index (χ4n) is 4.31. The van der Waals surface area contributed by atoms with E-state index >= 15 is 0 Å². The highest BCUT2D eigenvalue weighted by Crippen LogP contribution is 2.28. The van der Waals surface area contributed by atoms with Gasteiger partial charge in [-0.25, -0.2) is 17.7 Å². The molecule has 4 rings (SSSR count). The molecule has 0 unspecified atom stereocenters. The Labute approximate surface area is 183 Å². The summed E-state index contributed by atoms with van der Waals surface area (Å²) in [4.78, 5) is 22.7. The van der Waals surface area contributed by atoms with Gasteiger partial charge >= 0.3 is 0 Å². The number of hydrogen-bond acceptors (Lipinski definition) is 6. The van der Waals surface area contributed by atoms with Gasteiger partial charge in [0.25, 0.3) is 5.56 Å². The molecule has 31 heavy (non-hydrogen) atoms. The summed E-state index contributed by atoms with van der Waals surface area (Å²) < 4.78 is 31.7. The monoisotopic (exact) mass is 446 g/mol. The van der Waals surface area contributed by atoms with Gasteiger partial charge in [0.05, 0.1) is 18.1 Å². The number of aromatic nitrogens is 2. The first-order valence-corrected chi connectivity index (χ1v) is 12.2. The molecular weight excluding hydrogens is 416 g/mol. The lowest BCUT2D eigenvalue weighted by Gasteiger charge is -2.28. The smallest absolute Gasteiger partial charge is 0.254 e. The normalized spacial score (nSPS) is 20.2. The van der Waals surface area contributed by atoms with Crippen LogP contribution in [0.15, 0.2) is 29.1 Å². The van der Waals surface area contributed by atoms with Gasteiger partial charge in [0.1, 0.15) is 11.6 Å². The van der Waals surface area contributed by atoms with Crippen molar-refractivity contribution >= 4 is 10.0 Å². The molecule has 9 heteroatoms. The van der Waals surface area contributed by atoms with Crippen LogP contribution >= 0.6 is 0 Å². The van der Waals surface area contributed by atoms with Crippen LogP contribution in [0.25, 0.3) is 0 Å². The van der Waals surface area contributed by atoms with E-state index in [1.807, 2.05) is 24.3 Å². The summed E-state index contributed by atoms with van der Waals surface area (Å²) in [5, 5.41) is -0.451. The maximum absolute atomic E-state index is 12.7. The van der Waals surface area contributed by atoms with Gasteiger partial charge in [0.2, 0.25) is 10.0 Å². The Bertz CT molecular complexity index is 1100. The van der Waals surface area contributed by atoms with E-state index in [2.05, 4.69) is 9.88 Å². The maximum Gasteiger partial charge on any atom is 0.254 e. The number of rotatable bonds is 6. The molecule has 8 nitrogen and oxygen atoms in total. The minimum Gasteiger partial charge on any atom is -0.497 e. The predicted molar refractivity (Wildman–Crippen MR) is 119 cm³/mol. The number of aromatic amines is 1. The van der Waals surface area contributed by atoms with Crippen molar-refractivity contribution in [3.05, 3.63) is 57.3 Å². The van der Waals surface area contributed by atoms with E-state index < -0.39 is 15.3 Å². The fourth-order valence-corrected chi connectivity index (χ4v) is 5.66. The van der Waals surface area contributed by atoms with Gasteiger partial charge in [0.15, 0.2) is 0 Å². The third kappa shape index (κ3) is 4.53. The molecule has 1 fully saturated rings. The SMILES string of the molecule is COc1ccc(CN2CCc3c(nc([C@@H]4CCN(S(=O)(=O)C(C)C)C4)[nH]c3=O)C2)cc1. The quantitative estimate of drug-likeness (QED) is 0.728. The van der Waals surface area contributed by atoms with Crippen LogP contribution in [0, 0.1) is 0 Å². The molecule has 1 aromatic carbocycles. The highest BCUT2D eigenvalue weighted by molar-refractivity contribution is 7.89. The van der Waals surface area contributed by atoms with Crippen LogP contribution in [-0.4, -0.2) is 59.6 Å². The van der Waals surface area contributed by atoms with Crippen LogP contribution < -0.4 is 10.3 Å². The average molecular weight is 447 g/mol. The molecule has 2 aliphatic heterocycles. The van der Waals surface area contributed by atoms with Gasteiger partial charge in [-0.3, -0.25) is 9.69 Å². The Kier molecular flexibility index (Phi) is 6.18. The van der Waals surface area contributed by atoms with E-state index in [4.69, 9.17) is 9.72 Å². The van der Waals surface area contributed by atoms with Gasteiger partial charge in [-0.2, -0.15) is 0 Å². The lowest BCUT2D eigenvalue weighted by atomic mass is 10.0. The standard InChI is InChI=1S/C22H30N4O4S/c1-15(2)31(28,29)26-11-8-17(13-26)21-23-20-14-25(10-9-19(20)22(27)24-21)12-16-4-6-18(30-3)7-5-16/h4-7,15,17H,8-14H2,1-3H3,(H,23,24,27)/t17-/m1/s1. The number of fused-ring (bicyclic) bond motifs is 1. The summed E-state index contributed by atoms with van der Waals surface area (Å²) >= 11 is 0. The van der Waals surface area contributed by atoms with E-state index in [1.165, 1.54) is 9.87 Å². The second-order valence-corrected chi connectivity index (χ2v) is 11.1. The van der Waals surface area contributed by atoms with Crippen LogP contribution in [0.2, 0.25) is 0 Å². The summed E-state index contributed by atoms with van der Waals surface area (Å²) in [6, 6.07) is 8.00. The molecule has 1 aromatic heterocycles. The maximum atomic E-state index is 12.7. The molecule has 0 spiro atoms. The minimum atomic E-state index is -3.30. The lowest BCUT2D eigenvalue weighted by molar-refractivity contribution is 0.239. The minimum absolute atomic E-state index is 0.0801. The zero-order valence-corrected chi connectivity index (χ0v) is 19.1. The zero-order chi connectivity index (χ0) is 22.2. The van der Waals surface area contributed by atoms with E-state index in [9.17, 15) is 13.2 Å². The van der Waals surface area contributed by atoms with Crippen molar-refractivity contribution in [2.24, 2.45) is 0 Å². The first-order chi connectivity index (χ1) is 14.8. The van der Waals surface area contributed by atoms with Crippen molar-refractivity contribution in [1.82, 2.24) is 19.2 Å². The first kappa shape index (κ1) is 22.0. The number of methoxy groups -OCH3 is 1. The second kappa shape index (κ2) is 8.72. The van der Waals surface area contributed by atoms with Crippen molar-refractivity contribution in [2.75, 3.05) is 26.7 Å². The highest BCUT2D eigenvalue weighted by atomic mass is 32.2. The van der Waals surface area contributed by atoms with Crippen LogP contribution in [0.5, 0.6) is 5.75 Å². The number of ether oxygens (including phenoxy) is 1. The molecule has 1 N–H and O–H groups in total. The van der Waals surface area contributed by atoms with Gasteiger partial charge in [-0.15, -0.1) is 0 Å².